The molecule has 79 heavy (non-hydrogen) atoms. The van der Waals surface area contributed by atoms with Gasteiger partial charge in [-0.3, -0.25) is 29.1 Å². The molecule has 432 valence electrons. The number of carbonyl (C=O) groups is 4. The number of likely N-dealkylation sites (N-methyl/N-ethyl adjacent to an activating group) is 1. The van der Waals surface area contributed by atoms with Crippen LogP contribution in [0.5, 0.6) is 0 Å². The molecule has 0 unspecified atom stereocenters. The van der Waals surface area contributed by atoms with Crippen LogP contribution in [0.3, 0.4) is 0 Å². The number of amides is 4. The number of rotatable bonds is 36. The van der Waals surface area contributed by atoms with Crippen molar-refractivity contribution in [3.63, 3.8) is 0 Å². The van der Waals surface area contributed by atoms with Gasteiger partial charge in [-0.05, 0) is 106 Å². The molecular formula is C60H85N7O12. The lowest BCUT2D eigenvalue weighted by Gasteiger charge is -2.26. The standard InChI is InChI=1S/C60H85N7O12/c1-5-66(6-2)51-18-19-55(53(46-51)56-45-49(20-22-61-56)59(70)62-54-17-10-13-47-12-7-8-16-52(47)54)63-58(69)48-14-9-15-50(44-48)60(71)64(3)25-26-65-23-11-24-67(28-27-65)57(68)21-29-73-32-33-75-36-37-77-40-41-79-43-42-78-39-38-76-35-34-74-31-30-72-4/h7-9,12,14-16,18-20,22,44-46,54H,5-6,10-11,13,17,21,23-43H2,1-4H3,(H,62,70)(H,63,69)/t54-/m0/s1. The molecule has 2 heterocycles. The first-order chi connectivity index (χ1) is 38.7. The second-order valence-corrected chi connectivity index (χ2v) is 19.3. The highest BCUT2D eigenvalue weighted by molar-refractivity contribution is 6.08. The fraction of sp³-hybridized carbons (Fsp3) is 0.550. The van der Waals surface area contributed by atoms with Crippen LogP contribution in [0, 0.1) is 0 Å². The number of hydrogen-bond donors (Lipinski definition) is 2. The second-order valence-electron chi connectivity index (χ2n) is 19.3. The van der Waals surface area contributed by atoms with Crippen LogP contribution >= 0.6 is 0 Å². The van der Waals surface area contributed by atoms with Crippen LogP contribution in [0.25, 0.3) is 11.3 Å². The van der Waals surface area contributed by atoms with Gasteiger partial charge in [-0.25, -0.2) is 0 Å². The Morgan fingerprint density at radius 1 is 0.633 bits per heavy atom. The largest absolute Gasteiger partial charge is 0.382 e. The van der Waals surface area contributed by atoms with E-state index in [0.29, 0.717) is 172 Å². The summed E-state index contributed by atoms with van der Waals surface area (Å²) < 4.78 is 43.5. The quantitative estimate of drug-likeness (QED) is 0.0475. The van der Waals surface area contributed by atoms with Gasteiger partial charge in [-0.15, -0.1) is 0 Å². The van der Waals surface area contributed by atoms with Crippen LogP contribution in [-0.4, -0.2) is 209 Å². The average molecular weight is 1100 g/mol. The zero-order chi connectivity index (χ0) is 55.9. The van der Waals surface area contributed by atoms with Crippen LogP contribution in [0.4, 0.5) is 11.4 Å². The molecule has 4 aromatic rings. The lowest BCUT2D eigenvalue weighted by atomic mass is 9.87. The Morgan fingerprint density at radius 3 is 1.91 bits per heavy atom. The Kier molecular flexibility index (Phi) is 28.2. The first kappa shape index (κ1) is 62.3. The maximum absolute atomic E-state index is 14.0. The number of carbonyl (C=O) groups excluding carboxylic acids is 4. The highest BCUT2D eigenvalue weighted by Gasteiger charge is 2.24. The lowest BCUT2D eigenvalue weighted by Crippen LogP contribution is -2.39. The summed E-state index contributed by atoms with van der Waals surface area (Å²) in [5, 5.41) is 6.35. The number of aromatic nitrogens is 1. The molecule has 1 atom stereocenters. The summed E-state index contributed by atoms with van der Waals surface area (Å²) in [5.74, 6) is -0.704. The summed E-state index contributed by atoms with van der Waals surface area (Å²) in [6, 6.07) is 24.3. The van der Waals surface area contributed by atoms with Crippen molar-refractivity contribution in [2.45, 2.75) is 52.0 Å². The molecular weight excluding hydrogens is 1010 g/mol. The first-order valence-corrected chi connectivity index (χ1v) is 28.1. The molecule has 6 rings (SSSR count). The van der Waals surface area contributed by atoms with E-state index in [2.05, 4.69) is 46.4 Å². The Labute approximate surface area is 467 Å². The number of ether oxygens (including phenoxy) is 8. The van der Waals surface area contributed by atoms with Crippen LogP contribution in [-0.2, 0) is 49.1 Å². The normalized spacial score (nSPS) is 14.6. The van der Waals surface area contributed by atoms with Gasteiger partial charge in [-0.1, -0.05) is 30.3 Å². The molecule has 1 aliphatic heterocycles. The lowest BCUT2D eigenvalue weighted by molar-refractivity contribution is -0.132. The minimum Gasteiger partial charge on any atom is -0.382 e. The van der Waals surface area contributed by atoms with E-state index in [-0.39, 0.29) is 29.7 Å². The third-order valence-corrected chi connectivity index (χ3v) is 13.9. The highest BCUT2D eigenvalue weighted by Crippen LogP contribution is 2.33. The number of anilines is 2. The van der Waals surface area contributed by atoms with E-state index < -0.39 is 0 Å². The number of aryl methyl sites for hydroxylation is 1. The van der Waals surface area contributed by atoms with Crippen LogP contribution in [0.15, 0.2) is 85.1 Å². The molecule has 0 saturated carbocycles. The molecule has 1 saturated heterocycles. The molecule has 0 bridgehead atoms. The van der Waals surface area contributed by atoms with E-state index in [4.69, 9.17) is 42.9 Å². The van der Waals surface area contributed by atoms with Crippen molar-refractivity contribution < 1.29 is 57.1 Å². The first-order valence-electron chi connectivity index (χ1n) is 28.1. The number of pyridine rings is 1. The zero-order valence-corrected chi connectivity index (χ0v) is 47.1. The minimum absolute atomic E-state index is 0.0608. The van der Waals surface area contributed by atoms with Gasteiger partial charge in [0.15, 0.2) is 0 Å². The molecule has 0 spiro atoms. The number of nitrogens with one attached hydrogen (secondary N) is 2. The van der Waals surface area contributed by atoms with Gasteiger partial charge in [0.05, 0.1) is 123 Å². The molecule has 19 nitrogen and oxygen atoms in total. The van der Waals surface area contributed by atoms with Crippen molar-refractivity contribution in [3.05, 3.63) is 113 Å². The highest BCUT2D eigenvalue weighted by atomic mass is 16.6. The summed E-state index contributed by atoms with van der Waals surface area (Å²) in [6.45, 7) is 16.8. The van der Waals surface area contributed by atoms with Gasteiger partial charge in [0.25, 0.3) is 17.7 Å². The topological polar surface area (TPSA) is 192 Å². The second kappa shape index (κ2) is 35.7. The monoisotopic (exact) mass is 1100 g/mol. The van der Waals surface area contributed by atoms with Crippen molar-refractivity contribution >= 4 is 35.0 Å². The van der Waals surface area contributed by atoms with Crippen molar-refractivity contribution in [1.29, 1.82) is 0 Å². The third kappa shape index (κ3) is 21.3. The molecule has 19 heteroatoms. The average Bonchev–Trinajstić information content (AvgIpc) is 3.82. The predicted octanol–water partition coefficient (Wildman–Crippen LogP) is 6.41. The summed E-state index contributed by atoms with van der Waals surface area (Å²) in [4.78, 5) is 67.4. The van der Waals surface area contributed by atoms with Gasteiger partial charge < -0.3 is 63.2 Å². The van der Waals surface area contributed by atoms with Gasteiger partial charge in [0, 0.05) is 94.1 Å². The Balaban J connectivity index is 0.868. The van der Waals surface area contributed by atoms with Gasteiger partial charge >= 0.3 is 0 Å². The smallest absolute Gasteiger partial charge is 0.255 e. The number of methoxy groups -OCH3 is 1. The Bertz CT molecular complexity index is 2460. The maximum Gasteiger partial charge on any atom is 0.255 e. The van der Waals surface area contributed by atoms with E-state index in [0.717, 1.165) is 56.6 Å². The molecule has 1 fully saturated rings. The van der Waals surface area contributed by atoms with Crippen molar-refractivity contribution in [3.8, 4) is 11.3 Å². The molecule has 2 aliphatic rings. The van der Waals surface area contributed by atoms with Gasteiger partial charge in [0.1, 0.15) is 0 Å². The summed E-state index contributed by atoms with van der Waals surface area (Å²) in [7, 11) is 3.41. The van der Waals surface area contributed by atoms with Crippen molar-refractivity contribution in [1.82, 2.24) is 25.0 Å². The minimum atomic E-state index is -0.382. The fourth-order valence-corrected chi connectivity index (χ4v) is 9.43. The molecule has 0 radical (unpaired) electrons. The summed E-state index contributed by atoms with van der Waals surface area (Å²) >= 11 is 0. The molecule has 3 aromatic carbocycles. The van der Waals surface area contributed by atoms with E-state index in [1.54, 1.807) is 61.7 Å². The number of benzene rings is 3. The Morgan fingerprint density at radius 2 is 1.25 bits per heavy atom. The van der Waals surface area contributed by atoms with Crippen LogP contribution in [0.1, 0.15) is 87.8 Å². The Hall–Kier alpha value is -5.87. The van der Waals surface area contributed by atoms with Crippen LogP contribution in [0.2, 0.25) is 0 Å². The molecule has 2 N–H and O–H groups in total. The van der Waals surface area contributed by atoms with E-state index in [1.807, 2.05) is 35.2 Å². The summed E-state index contributed by atoms with van der Waals surface area (Å²) in [5.41, 5.74) is 6.33. The van der Waals surface area contributed by atoms with Gasteiger partial charge in [-0.2, -0.15) is 0 Å². The molecule has 1 aromatic heterocycles. The SMILES string of the molecule is CCN(CC)c1ccc(NC(=O)c2cccc(C(=O)N(C)CCN3CCCN(C(=O)CCOCCOCCOCCOCCOCCOCCOCCOC)CC3)c2)c(-c2cc(C(=O)N[C@H]3CCCc4ccccc43)ccn2)c1. The summed E-state index contributed by atoms with van der Waals surface area (Å²) in [6.07, 6.45) is 5.63. The fourth-order valence-electron chi connectivity index (χ4n) is 9.43. The van der Waals surface area contributed by atoms with Crippen molar-refractivity contribution in [2.24, 2.45) is 0 Å². The maximum atomic E-state index is 14.0. The van der Waals surface area contributed by atoms with E-state index in [1.165, 1.54) is 5.56 Å². The zero-order valence-electron chi connectivity index (χ0n) is 47.1. The van der Waals surface area contributed by atoms with Crippen LogP contribution < -0.4 is 15.5 Å². The van der Waals surface area contributed by atoms with E-state index in [9.17, 15) is 19.2 Å². The predicted molar refractivity (Wildman–Crippen MR) is 304 cm³/mol. The van der Waals surface area contributed by atoms with E-state index >= 15 is 0 Å². The molecule has 1 aliphatic carbocycles. The van der Waals surface area contributed by atoms with Crippen molar-refractivity contribution in [2.75, 3.05) is 176 Å². The number of nitrogens with zero attached hydrogens (tertiary/aromatic N) is 5. The number of hydrogen-bond acceptors (Lipinski definition) is 15. The van der Waals surface area contributed by atoms with Gasteiger partial charge in [0.2, 0.25) is 5.91 Å². The number of fused-ring (bicyclic) bond motifs is 1. The molecule has 4 amide bonds. The third-order valence-electron chi connectivity index (χ3n) is 13.9.